The summed E-state index contributed by atoms with van der Waals surface area (Å²) in [6.45, 7) is 11.7. The first-order valence-electron chi connectivity index (χ1n) is 7.68. The third kappa shape index (κ3) is 6.55. The van der Waals surface area contributed by atoms with Crippen molar-refractivity contribution in [3.8, 4) is 0 Å². The Balaban J connectivity index is 2.46. The molecule has 0 aliphatic heterocycles. The molecule has 1 aromatic heterocycles. The topological polar surface area (TPSA) is 31.6 Å². The molecule has 0 atom stereocenters. The van der Waals surface area contributed by atoms with Gasteiger partial charge in [-0.3, -0.25) is 4.90 Å². The van der Waals surface area contributed by atoms with Crippen LogP contribution >= 0.6 is 0 Å². The van der Waals surface area contributed by atoms with Crippen LogP contribution < -0.4 is 5.32 Å². The average Bonchev–Trinajstić information content (AvgIpc) is 2.82. The summed E-state index contributed by atoms with van der Waals surface area (Å²) in [5, 5.41) is 3.42. The molecule has 116 valence electrons. The lowest BCUT2D eigenvalue weighted by molar-refractivity contribution is 0.257. The lowest BCUT2D eigenvalue weighted by Gasteiger charge is -2.21. The van der Waals surface area contributed by atoms with Crippen molar-refractivity contribution in [2.24, 2.45) is 0 Å². The summed E-state index contributed by atoms with van der Waals surface area (Å²) in [5.74, 6) is 1.07. The van der Waals surface area contributed by atoms with E-state index >= 15 is 0 Å². The van der Waals surface area contributed by atoms with E-state index in [2.05, 4.69) is 56.0 Å². The lowest BCUT2D eigenvalue weighted by atomic mass is 10.2. The molecule has 0 aliphatic carbocycles. The van der Waals surface area contributed by atoms with E-state index in [1.807, 2.05) is 0 Å². The quantitative estimate of drug-likeness (QED) is 0.714. The van der Waals surface area contributed by atoms with Gasteiger partial charge in [-0.25, -0.2) is 0 Å². The maximum absolute atomic E-state index is 5.61. The fraction of sp³-hybridized carbons (Fsp3) is 0.750. The maximum Gasteiger partial charge on any atom is 0.122 e. The summed E-state index contributed by atoms with van der Waals surface area (Å²) < 4.78 is 5.61. The first-order valence-corrected chi connectivity index (χ1v) is 7.68. The Morgan fingerprint density at radius 2 is 2.00 bits per heavy atom. The Morgan fingerprint density at radius 3 is 2.60 bits per heavy atom. The highest BCUT2D eigenvalue weighted by atomic mass is 16.3. The second-order valence-electron chi connectivity index (χ2n) is 5.93. The van der Waals surface area contributed by atoms with Crippen LogP contribution in [0.25, 0.3) is 0 Å². The van der Waals surface area contributed by atoms with E-state index in [1.165, 1.54) is 12.0 Å². The molecule has 0 spiro atoms. The van der Waals surface area contributed by atoms with Crippen molar-refractivity contribution in [3.05, 3.63) is 23.7 Å². The highest BCUT2D eigenvalue weighted by molar-refractivity contribution is 5.16. The van der Waals surface area contributed by atoms with Crippen molar-refractivity contribution < 1.29 is 4.42 Å². The molecular formula is C16H31N3O. The molecule has 20 heavy (non-hydrogen) atoms. The molecule has 0 saturated carbocycles. The third-order valence-electron chi connectivity index (χ3n) is 3.43. The van der Waals surface area contributed by atoms with E-state index in [1.54, 1.807) is 6.26 Å². The normalized spacial score (nSPS) is 12.0. The van der Waals surface area contributed by atoms with Gasteiger partial charge in [-0.15, -0.1) is 0 Å². The van der Waals surface area contributed by atoms with Crippen molar-refractivity contribution in [3.63, 3.8) is 0 Å². The minimum Gasteiger partial charge on any atom is -0.468 e. The minimum absolute atomic E-state index is 0.482. The van der Waals surface area contributed by atoms with Crippen molar-refractivity contribution in [2.75, 3.05) is 33.7 Å². The molecule has 0 fully saturated rings. The molecule has 1 heterocycles. The molecule has 1 N–H and O–H groups in total. The number of rotatable bonds is 10. The zero-order chi connectivity index (χ0) is 15.0. The Kier molecular flexibility index (Phi) is 7.88. The smallest absolute Gasteiger partial charge is 0.122 e. The van der Waals surface area contributed by atoms with Gasteiger partial charge in [0.15, 0.2) is 0 Å². The standard InChI is InChI=1S/C16H31N3O/c1-6-19(10-7-9-18(4)5)13-15-8-11-20-16(15)12-17-14(2)3/h8,11,14,17H,6-7,9-10,12-13H2,1-5H3. The van der Waals surface area contributed by atoms with Crippen LogP contribution in [0, 0.1) is 0 Å². The van der Waals surface area contributed by atoms with Crippen LogP contribution in [0.4, 0.5) is 0 Å². The van der Waals surface area contributed by atoms with Crippen LogP contribution in [-0.4, -0.2) is 49.6 Å². The molecule has 0 amide bonds. The monoisotopic (exact) mass is 281 g/mol. The molecule has 4 nitrogen and oxygen atoms in total. The van der Waals surface area contributed by atoms with Crippen LogP contribution in [0.1, 0.15) is 38.5 Å². The van der Waals surface area contributed by atoms with Gasteiger partial charge in [0.2, 0.25) is 0 Å². The highest BCUT2D eigenvalue weighted by Gasteiger charge is 2.11. The van der Waals surface area contributed by atoms with Gasteiger partial charge in [0.05, 0.1) is 12.8 Å². The average molecular weight is 281 g/mol. The largest absolute Gasteiger partial charge is 0.468 e. The molecule has 0 bridgehead atoms. The minimum atomic E-state index is 0.482. The Hall–Kier alpha value is -0.840. The molecule has 0 radical (unpaired) electrons. The number of nitrogens with zero attached hydrogens (tertiary/aromatic N) is 2. The van der Waals surface area contributed by atoms with Crippen LogP contribution in [0.2, 0.25) is 0 Å². The van der Waals surface area contributed by atoms with Gasteiger partial charge in [-0.1, -0.05) is 20.8 Å². The van der Waals surface area contributed by atoms with Crippen molar-refractivity contribution in [1.29, 1.82) is 0 Å². The lowest BCUT2D eigenvalue weighted by Crippen LogP contribution is -2.28. The third-order valence-corrected chi connectivity index (χ3v) is 3.43. The summed E-state index contributed by atoms with van der Waals surface area (Å²) in [4.78, 5) is 4.72. The van der Waals surface area contributed by atoms with Crippen molar-refractivity contribution in [1.82, 2.24) is 15.1 Å². The first-order chi connectivity index (χ1) is 9.52. The van der Waals surface area contributed by atoms with Crippen molar-refractivity contribution in [2.45, 2.75) is 46.3 Å². The summed E-state index contributed by atoms with van der Waals surface area (Å²) in [7, 11) is 4.25. The molecule has 0 aromatic carbocycles. The second kappa shape index (κ2) is 9.16. The fourth-order valence-corrected chi connectivity index (χ4v) is 2.16. The number of hydrogen-bond acceptors (Lipinski definition) is 4. The zero-order valence-electron chi connectivity index (χ0n) is 13.8. The van der Waals surface area contributed by atoms with Gasteiger partial charge in [0.25, 0.3) is 0 Å². The Morgan fingerprint density at radius 1 is 1.25 bits per heavy atom. The second-order valence-corrected chi connectivity index (χ2v) is 5.93. The molecule has 1 rings (SSSR count). The van der Waals surface area contributed by atoms with E-state index in [0.717, 1.165) is 38.5 Å². The maximum atomic E-state index is 5.61. The fourth-order valence-electron chi connectivity index (χ4n) is 2.16. The van der Waals surface area contributed by atoms with E-state index in [-0.39, 0.29) is 0 Å². The van der Waals surface area contributed by atoms with E-state index in [0.29, 0.717) is 6.04 Å². The van der Waals surface area contributed by atoms with Gasteiger partial charge in [0, 0.05) is 18.2 Å². The predicted octanol–water partition coefficient (Wildman–Crippen LogP) is 2.55. The van der Waals surface area contributed by atoms with E-state index in [4.69, 9.17) is 4.42 Å². The summed E-state index contributed by atoms with van der Waals surface area (Å²) in [5.41, 5.74) is 1.31. The van der Waals surface area contributed by atoms with Gasteiger partial charge in [0.1, 0.15) is 5.76 Å². The van der Waals surface area contributed by atoms with Gasteiger partial charge in [-0.05, 0) is 46.2 Å². The number of furan rings is 1. The molecule has 1 aromatic rings. The van der Waals surface area contributed by atoms with Crippen LogP contribution in [0.5, 0.6) is 0 Å². The first kappa shape index (κ1) is 17.2. The van der Waals surface area contributed by atoms with E-state index in [9.17, 15) is 0 Å². The summed E-state index contributed by atoms with van der Waals surface area (Å²) >= 11 is 0. The van der Waals surface area contributed by atoms with Crippen molar-refractivity contribution >= 4 is 0 Å². The van der Waals surface area contributed by atoms with Crippen LogP contribution in [-0.2, 0) is 13.1 Å². The Labute approximate surface area is 124 Å². The summed E-state index contributed by atoms with van der Waals surface area (Å²) in [6.07, 6.45) is 3.01. The van der Waals surface area contributed by atoms with Gasteiger partial charge in [-0.2, -0.15) is 0 Å². The molecular weight excluding hydrogens is 250 g/mol. The number of hydrogen-bond donors (Lipinski definition) is 1. The van der Waals surface area contributed by atoms with Crippen LogP contribution in [0.3, 0.4) is 0 Å². The molecule has 4 heteroatoms. The summed E-state index contributed by atoms with van der Waals surface area (Å²) in [6, 6.07) is 2.58. The van der Waals surface area contributed by atoms with Crippen LogP contribution in [0.15, 0.2) is 16.7 Å². The Bertz CT molecular complexity index is 360. The predicted molar refractivity (Wildman–Crippen MR) is 84.8 cm³/mol. The zero-order valence-corrected chi connectivity index (χ0v) is 13.8. The van der Waals surface area contributed by atoms with E-state index < -0.39 is 0 Å². The molecule has 0 unspecified atom stereocenters. The molecule has 0 saturated heterocycles. The SMILES string of the molecule is CCN(CCCN(C)C)Cc1ccoc1CNC(C)C. The highest BCUT2D eigenvalue weighted by Crippen LogP contribution is 2.13. The van der Waals surface area contributed by atoms with Gasteiger partial charge >= 0.3 is 0 Å². The van der Waals surface area contributed by atoms with Gasteiger partial charge < -0.3 is 14.6 Å². The number of nitrogens with one attached hydrogen (secondary N) is 1. The molecule has 0 aliphatic rings.